The van der Waals surface area contributed by atoms with Crippen molar-refractivity contribution in [3.05, 3.63) is 29.3 Å². The summed E-state index contributed by atoms with van der Waals surface area (Å²) in [5, 5.41) is 4.76. The van der Waals surface area contributed by atoms with Crippen molar-refractivity contribution in [2.75, 3.05) is 0 Å². The Kier molecular flexibility index (Phi) is 4.59. The fraction of sp³-hybridized carbons (Fsp3) is 0.364. The topological polar surface area (TPSA) is 86.5 Å². The van der Waals surface area contributed by atoms with E-state index in [9.17, 15) is 22.0 Å². The number of esters is 1. The van der Waals surface area contributed by atoms with Crippen LogP contribution in [0.4, 0.5) is 8.78 Å². The molecule has 1 aromatic carbocycles. The molecule has 0 aliphatic rings. The molecule has 0 spiro atoms. The summed E-state index contributed by atoms with van der Waals surface area (Å²) in [5.74, 6) is -3.64. The highest BCUT2D eigenvalue weighted by Crippen LogP contribution is 2.19. The minimum Gasteiger partial charge on any atom is -0.459 e. The van der Waals surface area contributed by atoms with Gasteiger partial charge in [0.15, 0.2) is 0 Å². The lowest BCUT2D eigenvalue weighted by Crippen LogP contribution is -2.19. The fourth-order valence-corrected chi connectivity index (χ4v) is 1.85. The number of carbonyl (C=O) groups excluding carboxylic acids is 1. The van der Waals surface area contributed by atoms with Gasteiger partial charge in [-0.25, -0.2) is 27.1 Å². The Hall–Kier alpha value is -1.54. The average molecular weight is 293 g/mol. The Morgan fingerprint density at radius 2 is 1.95 bits per heavy atom. The Labute approximate surface area is 109 Å². The number of carbonyl (C=O) groups is 1. The zero-order chi connectivity index (χ0) is 14.8. The second-order valence-corrected chi connectivity index (χ2v) is 5.46. The SMILES string of the molecule is CCC(C)OC(=O)c1cc(S(N)(=O)=O)c(F)cc1F. The highest BCUT2D eigenvalue weighted by atomic mass is 32.2. The van der Waals surface area contributed by atoms with E-state index in [2.05, 4.69) is 0 Å². The second-order valence-electron chi connectivity index (χ2n) is 3.93. The lowest BCUT2D eigenvalue weighted by molar-refractivity contribution is 0.0329. The van der Waals surface area contributed by atoms with E-state index in [-0.39, 0.29) is 6.07 Å². The molecule has 0 aliphatic carbocycles. The number of nitrogens with two attached hydrogens (primary N) is 1. The fourth-order valence-electron chi connectivity index (χ4n) is 1.23. The van der Waals surface area contributed by atoms with Crippen LogP contribution in [0, 0.1) is 11.6 Å². The van der Waals surface area contributed by atoms with Crippen molar-refractivity contribution >= 4 is 16.0 Å². The van der Waals surface area contributed by atoms with Crippen LogP contribution < -0.4 is 5.14 Å². The van der Waals surface area contributed by atoms with Crippen molar-refractivity contribution in [1.29, 1.82) is 0 Å². The largest absolute Gasteiger partial charge is 0.459 e. The molecular formula is C11H13F2NO4S. The number of ether oxygens (including phenoxy) is 1. The molecule has 0 saturated heterocycles. The highest BCUT2D eigenvalue weighted by molar-refractivity contribution is 7.89. The van der Waals surface area contributed by atoms with Crippen molar-refractivity contribution in [2.24, 2.45) is 5.14 Å². The van der Waals surface area contributed by atoms with Gasteiger partial charge in [0.05, 0.1) is 11.7 Å². The first kappa shape index (κ1) is 15.5. The third-order valence-electron chi connectivity index (χ3n) is 2.43. The molecule has 1 unspecified atom stereocenters. The standard InChI is InChI=1S/C11H13F2NO4S/c1-3-6(2)18-11(15)7-4-10(19(14,16)17)9(13)5-8(7)12/h4-6H,3H2,1-2H3,(H2,14,16,17). The van der Waals surface area contributed by atoms with Crippen molar-refractivity contribution in [3.63, 3.8) is 0 Å². The Balaban J connectivity index is 3.26. The normalized spacial score (nSPS) is 13.1. The molecule has 106 valence electrons. The van der Waals surface area contributed by atoms with Gasteiger partial charge in [0, 0.05) is 6.07 Å². The van der Waals surface area contributed by atoms with Gasteiger partial charge in [-0.15, -0.1) is 0 Å². The maximum absolute atomic E-state index is 13.4. The summed E-state index contributed by atoms with van der Waals surface area (Å²) in [6.07, 6.45) is 0.0197. The van der Waals surface area contributed by atoms with Crippen LogP contribution in [0.1, 0.15) is 30.6 Å². The van der Waals surface area contributed by atoms with E-state index < -0.39 is 44.2 Å². The van der Waals surface area contributed by atoms with E-state index in [4.69, 9.17) is 9.88 Å². The first-order valence-corrected chi connectivity index (χ1v) is 6.94. The summed E-state index contributed by atoms with van der Waals surface area (Å²) < 4.78 is 53.7. The van der Waals surface area contributed by atoms with Crippen LogP contribution in [0.5, 0.6) is 0 Å². The molecule has 19 heavy (non-hydrogen) atoms. The number of hydrogen-bond acceptors (Lipinski definition) is 4. The first-order valence-electron chi connectivity index (χ1n) is 5.39. The first-order chi connectivity index (χ1) is 8.66. The molecule has 2 N–H and O–H groups in total. The third kappa shape index (κ3) is 3.71. The maximum atomic E-state index is 13.4. The van der Waals surface area contributed by atoms with Crippen LogP contribution in [0.15, 0.2) is 17.0 Å². The summed E-state index contributed by atoms with van der Waals surface area (Å²) in [6, 6.07) is 0.817. The van der Waals surface area contributed by atoms with Gasteiger partial charge in [-0.2, -0.15) is 0 Å². The van der Waals surface area contributed by atoms with E-state index >= 15 is 0 Å². The van der Waals surface area contributed by atoms with Gasteiger partial charge in [0.1, 0.15) is 16.5 Å². The Bertz CT molecular complexity index is 601. The molecule has 0 amide bonds. The van der Waals surface area contributed by atoms with Crippen molar-refractivity contribution in [2.45, 2.75) is 31.3 Å². The minimum absolute atomic E-state index is 0.285. The lowest BCUT2D eigenvalue weighted by atomic mass is 10.2. The van der Waals surface area contributed by atoms with Gasteiger partial charge in [0.25, 0.3) is 0 Å². The Morgan fingerprint density at radius 3 is 2.42 bits per heavy atom. The highest BCUT2D eigenvalue weighted by Gasteiger charge is 2.23. The van der Waals surface area contributed by atoms with Crippen molar-refractivity contribution < 1.29 is 26.7 Å². The minimum atomic E-state index is -4.39. The van der Waals surface area contributed by atoms with Crippen LogP contribution in [-0.2, 0) is 14.8 Å². The number of halogens is 2. The molecule has 1 rings (SSSR count). The zero-order valence-electron chi connectivity index (χ0n) is 10.3. The number of benzene rings is 1. The molecule has 0 aliphatic heterocycles. The summed E-state index contributed by atoms with van der Waals surface area (Å²) in [5.41, 5.74) is -0.675. The average Bonchev–Trinajstić information content (AvgIpc) is 2.26. The van der Waals surface area contributed by atoms with Gasteiger partial charge >= 0.3 is 5.97 Å². The van der Waals surface area contributed by atoms with Gasteiger partial charge in [-0.05, 0) is 19.4 Å². The van der Waals surface area contributed by atoms with Gasteiger partial charge < -0.3 is 4.74 Å². The molecular weight excluding hydrogens is 280 g/mol. The Morgan fingerprint density at radius 1 is 1.37 bits per heavy atom. The van der Waals surface area contributed by atoms with E-state index in [1.54, 1.807) is 13.8 Å². The molecule has 1 atom stereocenters. The number of sulfonamides is 1. The zero-order valence-corrected chi connectivity index (χ0v) is 11.1. The lowest BCUT2D eigenvalue weighted by Gasteiger charge is -2.12. The molecule has 8 heteroatoms. The van der Waals surface area contributed by atoms with E-state index in [1.165, 1.54) is 0 Å². The number of hydrogen-bond donors (Lipinski definition) is 1. The van der Waals surface area contributed by atoms with Gasteiger partial charge in [0.2, 0.25) is 10.0 Å². The number of primary sulfonamides is 1. The van der Waals surface area contributed by atoms with Crippen LogP contribution >= 0.6 is 0 Å². The molecule has 1 aromatic rings. The molecule has 0 aromatic heterocycles. The maximum Gasteiger partial charge on any atom is 0.341 e. The second kappa shape index (κ2) is 5.62. The van der Waals surface area contributed by atoms with Crippen molar-refractivity contribution in [3.8, 4) is 0 Å². The third-order valence-corrected chi connectivity index (χ3v) is 3.36. The molecule has 5 nitrogen and oxygen atoms in total. The molecule has 0 heterocycles. The summed E-state index contributed by atoms with van der Waals surface area (Å²) in [7, 11) is -4.39. The molecule has 0 radical (unpaired) electrons. The van der Waals surface area contributed by atoms with E-state index in [0.717, 1.165) is 0 Å². The molecule has 0 fully saturated rings. The smallest absolute Gasteiger partial charge is 0.341 e. The van der Waals surface area contributed by atoms with E-state index in [0.29, 0.717) is 12.5 Å². The summed E-state index contributed by atoms with van der Waals surface area (Å²) in [6.45, 7) is 3.33. The van der Waals surface area contributed by atoms with Crippen LogP contribution in [0.3, 0.4) is 0 Å². The van der Waals surface area contributed by atoms with Crippen LogP contribution in [0.25, 0.3) is 0 Å². The van der Waals surface area contributed by atoms with Gasteiger partial charge in [-0.3, -0.25) is 0 Å². The molecule has 0 saturated carbocycles. The van der Waals surface area contributed by atoms with E-state index in [1.807, 2.05) is 0 Å². The monoisotopic (exact) mass is 293 g/mol. The quantitative estimate of drug-likeness (QED) is 0.854. The van der Waals surface area contributed by atoms with Crippen LogP contribution in [0.2, 0.25) is 0 Å². The van der Waals surface area contributed by atoms with Crippen molar-refractivity contribution in [1.82, 2.24) is 0 Å². The predicted octanol–water partition coefficient (Wildman–Crippen LogP) is 1.57. The predicted molar refractivity (Wildman–Crippen MR) is 62.9 cm³/mol. The molecule has 0 bridgehead atoms. The van der Waals surface area contributed by atoms with Gasteiger partial charge in [-0.1, -0.05) is 6.92 Å². The number of rotatable bonds is 4. The summed E-state index contributed by atoms with van der Waals surface area (Å²) >= 11 is 0. The van der Waals surface area contributed by atoms with Crippen LogP contribution in [-0.4, -0.2) is 20.5 Å². The summed E-state index contributed by atoms with van der Waals surface area (Å²) in [4.78, 5) is 10.7.